The minimum Gasteiger partial charge on any atom is -0.502 e. The number of hydrogen-bond donors (Lipinski definition) is 3. The lowest BCUT2D eigenvalue weighted by molar-refractivity contribution is -0.386. The van der Waals surface area contributed by atoms with E-state index in [0.717, 1.165) is 12.1 Å². The lowest BCUT2D eigenvalue weighted by atomic mass is 9.94. The van der Waals surface area contributed by atoms with Crippen LogP contribution in [-0.2, 0) is 57.6 Å². The van der Waals surface area contributed by atoms with Gasteiger partial charge in [0.25, 0.3) is 0 Å². The van der Waals surface area contributed by atoms with Gasteiger partial charge in [0.05, 0.1) is 59.5 Å². The molecule has 2 heterocycles. The number of carboxylic acids is 1. The smallest absolute Gasteiger partial charge is 0.311 e. The molecule has 2 unspecified atom stereocenters. The number of esters is 1. The number of nitrogens with one attached hydrogen (secondary N) is 1. The highest BCUT2D eigenvalue weighted by molar-refractivity contribution is 6.21. The summed E-state index contributed by atoms with van der Waals surface area (Å²) in [7, 11) is 0. The van der Waals surface area contributed by atoms with E-state index in [1.54, 1.807) is 65.1 Å². The number of carbonyl (C=O) groups is 6. The lowest BCUT2D eigenvalue weighted by Gasteiger charge is -2.33. The van der Waals surface area contributed by atoms with Crippen molar-refractivity contribution in [2.45, 2.75) is 111 Å². The number of phenols is 1. The fourth-order valence-corrected chi connectivity index (χ4v) is 6.58. The van der Waals surface area contributed by atoms with Gasteiger partial charge in [-0.1, -0.05) is 44.2 Å². The summed E-state index contributed by atoms with van der Waals surface area (Å²) in [5, 5.41) is 41.7. The molecular weight excluding hydrogens is 794 g/mol. The van der Waals surface area contributed by atoms with E-state index in [1.807, 2.05) is 13.8 Å². The van der Waals surface area contributed by atoms with Crippen molar-refractivity contribution in [1.82, 2.24) is 25.2 Å². The lowest BCUT2D eigenvalue weighted by Crippen LogP contribution is -2.52. The number of phenolic OH excluding ortho intramolecular Hbond substituents is 1. The highest BCUT2D eigenvalue weighted by atomic mass is 16.6. The van der Waals surface area contributed by atoms with Crippen LogP contribution in [0.5, 0.6) is 5.75 Å². The van der Waals surface area contributed by atoms with Crippen LogP contribution >= 0.6 is 0 Å². The summed E-state index contributed by atoms with van der Waals surface area (Å²) >= 11 is 0. The Bertz CT molecular complexity index is 2100. The molecule has 2 aromatic carbocycles. The number of aliphatic carboxylic acids is 1. The molecule has 2 atom stereocenters. The molecule has 1 aliphatic rings. The van der Waals surface area contributed by atoms with Gasteiger partial charge in [-0.15, -0.1) is 5.10 Å². The summed E-state index contributed by atoms with van der Waals surface area (Å²) < 4.78 is 13.0. The van der Waals surface area contributed by atoms with Crippen molar-refractivity contribution in [3.63, 3.8) is 0 Å². The number of nitro benzene ring substituents is 1. The maximum atomic E-state index is 13.9. The molecule has 1 saturated heterocycles. The van der Waals surface area contributed by atoms with E-state index in [0.29, 0.717) is 16.9 Å². The number of aromatic nitrogens is 3. The maximum absolute atomic E-state index is 13.9. The Morgan fingerprint density at radius 3 is 2.38 bits per heavy atom. The van der Waals surface area contributed by atoms with Crippen molar-refractivity contribution in [2.75, 3.05) is 24.6 Å². The second kappa shape index (κ2) is 20.3. The Hall–Kier alpha value is -6.24. The van der Waals surface area contributed by atoms with E-state index in [2.05, 4.69) is 15.6 Å². The van der Waals surface area contributed by atoms with Crippen molar-refractivity contribution in [2.24, 2.45) is 11.8 Å². The number of aromatic hydroxyl groups is 1. The molecule has 19 nitrogen and oxygen atoms in total. The summed E-state index contributed by atoms with van der Waals surface area (Å²) in [4.78, 5) is 89.8. The predicted octanol–water partition coefficient (Wildman–Crippen LogP) is 4.29. The van der Waals surface area contributed by atoms with Gasteiger partial charge in [0.1, 0.15) is 6.10 Å². The molecular formula is C42H55N7O12. The molecule has 19 heteroatoms. The van der Waals surface area contributed by atoms with Crippen LogP contribution in [0.25, 0.3) is 0 Å². The first-order valence-corrected chi connectivity index (χ1v) is 20.0. The predicted molar refractivity (Wildman–Crippen MR) is 219 cm³/mol. The first kappa shape index (κ1) is 47.4. The van der Waals surface area contributed by atoms with Crippen molar-refractivity contribution in [1.29, 1.82) is 0 Å². The number of nitro groups is 1. The van der Waals surface area contributed by atoms with Crippen LogP contribution < -0.4 is 10.2 Å². The third-order valence-electron chi connectivity index (χ3n) is 10.2. The number of hydrogen-bond acceptors (Lipinski definition) is 13. The Balaban J connectivity index is 1.50. The Labute approximate surface area is 353 Å². The highest BCUT2D eigenvalue weighted by Crippen LogP contribution is 2.33. The molecule has 1 fully saturated rings. The number of ether oxygens (including phenoxy) is 2. The fraction of sp³-hybridized carbons (Fsp3) is 0.524. The van der Waals surface area contributed by atoms with Gasteiger partial charge < -0.3 is 29.9 Å². The van der Waals surface area contributed by atoms with Crippen molar-refractivity contribution >= 4 is 46.9 Å². The van der Waals surface area contributed by atoms with Gasteiger partial charge in [-0.3, -0.25) is 48.5 Å². The monoisotopic (exact) mass is 849 g/mol. The molecule has 0 saturated carbocycles. The van der Waals surface area contributed by atoms with Gasteiger partial charge in [-0.2, -0.15) is 0 Å². The van der Waals surface area contributed by atoms with Gasteiger partial charge in [0.2, 0.25) is 23.6 Å². The molecule has 3 aromatic rings. The molecule has 61 heavy (non-hydrogen) atoms. The van der Waals surface area contributed by atoms with Crippen LogP contribution in [0.2, 0.25) is 0 Å². The number of carbonyl (C=O) groups excluding carboxylic acids is 5. The van der Waals surface area contributed by atoms with E-state index in [9.17, 15) is 44.0 Å². The van der Waals surface area contributed by atoms with E-state index >= 15 is 0 Å². The average Bonchev–Trinajstić information content (AvgIpc) is 3.77. The molecule has 330 valence electrons. The van der Waals surface area contributed by atoms with Gasteiger partial charge in [-0.05, 0) is 69.4 Å². The summed E-state index contributed by atoms with van der Waals surface area (Å²) in [5.74, 6) is -3.94. The van der Waals surface area contributed by atoms with Crippen LogP contribution in [0.1, 0.15) is 97.1 Å². The van der Waals surface area contributed by atoms with Crippen LogP contribution in [0.4, 0.5) is 11.4 Å². The van der Waals surface area contributed by atoms with Crippen LogP contribution in [0, 0.1) is 22.0 Å². The molecule has 4 rings (SSSR count). The van der Waals surface area contributed by atoms with E-state index in [4.69, 9.17) is 14.6 Å². The van der Waals surface area contributed by atoms with Gasteiger partial charge in [-0.25, -0.2) is 0 Å². The molecule has 0 radical (unpaired) electrons. The normalized spacial score (nSPS) is 14.9. The number of anilines is 1. The number of rotatable bonds is 22. The van der Waals surface area contributed by atoms with E-state index in [-0.39, 0.29) is 88.1 Å². The fourth-order valence-electron chi connectivity index (χ4n) is 6.58. The SMILES string of the molecule is CCC(=O)OC(Cc1cn(CCN(CC(=O)NC(C)(C)COC(C)(C)CCC(=O)O)C(=O)Cc2ccc(N3C(=O)CC(C(C)C)C3=O)cc2)nn1)c1ccc(O)c([N+](=O)[O-])c1. The van der Waals surface area contributed by atoms with E-state index in [1.165, 1.54) is 20.5 Å². The summed E-state index contributed by atoms with van der Waals surface area (Å²) in [5.41, 5.74) is -0.664. The minimum absolute atomic E-state index is 0.00139. The van der Waals surface area contributed by atoms with E-state index < -0.39 is 63.3 Å². The average molecular weight is 850 g/mol. The second-order valence-electron chi connectivity index (χ2n) is 16.7. The molecule has 0 spiro atoms. The summed E-state index contributed by atoms with van der Waals surface area (Å²) in [6.45, 7) is 12.2. The maximum Gasteiger partial charge on any atom is 0.311 e. The number of benzene rings is 2. The molecule has 0 aliphatic carbocycles. The Kier molecular flexibility index (Phi) is 15.8. The molecule has 1 aliphatic heterocycles. The minimum atomic E-state index is -1.00. The van der Waals surface area contributed by atoms with Gasteiger partial charge >= 0.3 is 17.6 Å². The quantitative estimate of drug-likeness (QED) is 0.0552. The summed E-state index contributed by atoms with van der Waals surface area (Å²) in [6.07, 6.45) is 0.743. The topological polar surface area (TPSA) is 254 Å². The van der Waals surface area contributed by atoms with Crippen LogP contribution in [-0.4, -0.2) is 101 Å². The van der Waals surface area contributed by atoms with Crippen LogP contribution in [0.3, 0.4) is 0 Å². The summed E-state index contributed by atoms with van der Waals surface area (Å²) in [6, 6.07) is 10.2. The van der Waals surface area contributed by atoms with Crippen LogP contribution in [0.15, 0.2) is 48.7 Å². The first-order valence-electron chi connectivity index (χ1n) is 20.0. The third-order valence-corrected chi connectivity index (χ3v) is 10.2. The third kappa shape index (κ3) is 13.6. The number of amides is 4. The van der Waals surface area contributed by atoms with Crippen molar-refractivity contribution < 1.29 is 53.4 Å². The highest BCUT2D eigenvalue weighted by Gasteiger charge is 2.41. The zero-order valence-electron chi connectivity index (χ0n) is 35.6. The number of carboxylic acid groups (broad SMARTS) is 1. The molecule has 1 aromatic heterocycles. The van der Waals surface area contributed by atoms with Crippen molar-refractivity contribution in [3.05, 3.63) is 75.6 Å². The largest absolute Gasteiger partial charge is 0.502 e. The van der Waals surface area contributed by atoms with Gasteiger partial charge in [0.15, 0.2) is 5.75 Å². The molecule has 0 bridgehead atoms. The molecule has 4 amide bonds. The number of nitrogens with zero attached hydrogens (tertiary/aromatic N) is 6. The standard InChI is InChI=1S/C42H55N7O12/c1-8-39(56)61-34(28-11-14-33(50)32(20-28)49(58)59)21-29-23-47(45-44-29)18-17-46(24-35(51)43-41(4,5)25-60-42(6,7)16-15-38(54)55)36(52)19-27-9-12-30(13-10-27)48-37(53)22-31(26(2)3)40(48)57/h9-14,20,23,26,31,34,50H,8,15-19,21-22,24-25H2,1-7H3,(H,43,51)(H,54,55). The van der Waals surface area contributed by atoms with Crippen molar-refractivity contribution in [3.8, 4) is 5.75 Å². The number of imide groups is 1. The Morgan fingerprint density at radius 1 is 1.08 bits per heavy atom. The molecule has 3 N–H and O–H groups in total. The Morgan fingerprint density at radius 2 is 1.77 bits per heavy atom. The first-order chi connectivity index (χ1) is 28.6. The second-order valence-corrected chi connectivity index (χ2v) is 16.7. The zero-order valence-corrected chi connectivity index (χ0v) is 35.6. The van der Waals surface area contributed by atoms with Gasteiger partial charge in [0, 0.05) is 44.5 Å². The zero-order chi connectivity index (χ0) is 45.2.